The van der Waals surface area contributed by atoms with E-state index in [1.807, 2.05) is 12.1 Å². The number of aldehydes is 1. The van der Waals surface area contributed by atoms with E-state index in [1.165, 1.54) is 23.6 Å². The highest BCUT2D eigenvalue weighted by atomic mass is 32.1. The second kappa shape index (κ2) is 15.9. The molecule has 0 N–H and O–H groups in total. The Morgan fingerprint density at radius 1 is 1.13 bits per heavy atom. The fourth-order valence-electron chi connectivity index (χ4n) is 1.88. The zero-order valence-corrected chi connectivity index (χ0v) is 18.1. The Morgan fingerprint density at radius 3 is 2.26 bits per heavy atom. The molecule has 0 aromatic carbocycles. The smallest absolute Gasteiger partial charge is 0.348 e. The van der Waals surface area contributed by atoms with E-state index < -0.39 is 5.82 Å². The number of nitrogens with zero attached hydrogens (tertiary/aromatic N) is 2. The molecule has 3 heterocycles. The van der Waals surface area contributed by atoms with Crippen LogP contribution in [0.5, 0.6) is 0 Å². The summed E-state index contributed by atoms with van der Waals surface area (Å²) in [5.74, 6) is -0.916. The molecule has 10 heteroatoms. The maximum atomic E-state index is 12.3. The lowest BCUT2D eigenvalue weighted by Gasteiger charge is -1.95. The summed E-state index contributed by atoms with van der Waals surface area (Å²) in [5, 5.41) is 1.04. The van der Waals surface area contributed by atoms with Crippen molar-refractivity contribution >= 4 is 52.3 Å². The van der Waals surface area contributed by atoms with Crippen molar-refractivity contribution in [2.45, 2.75) is 21.3 Å². The Kier molecular flexibility index (Phi) is 14.5. The Bertz CT molecular complexity index is 933. The zero-order valence-electron chi connectivity index (χ0n) is 16.4. The molecule has 0 amide bonds. The van der Waals surface area contributed by atoms with Gasteiger partial charge >= 0.3 is 11.9 Å². The van der Waals surface area contributed by atoms with E-state index >= 15 is 0 Å². The molecule has 0 bridgehead atoms. The summed E-state index contributed by atoms with van der Waals surface area (Å²) in [6.07, 6.45) is 6.29. The highest BCUT2D eigenvalue weighted by Gasteiger charge is 2.10. The monoisotopic (exact) mass is 468 g/mol. The van der Waals surface area contributed by atoms with Crippen molar-refractivity contribution in [3.05, 3.63) is 59.2 Å². The summed E-state index contributed by atoms with van der Waals surface area (Å²) in [6.45, 7) is 4.42. The molecule has 0 aliphatic carbocycles. The number of carbonyl (C=O) groups excluding carboxylic acids is 3. The van der Waals surface area contributed by atoms with E-state index in [0.29, 0.717) is 24.4 Å². The summed E-state index contributed by atoms with van der Waals surface area (Å²) < 4.78 is 22.7. The van der Waals surface area contributed by atoms with Crippen molar-refractivity contribution < 1.29 is 28.2 Å². The van der Waals surface area contributed by atoms with E-state index in [-0.39, 0.29) is 30.7 Å². The van der Waals surface area contributed by atoms with Gasteiger partial charge in [-0.2, -0.15) is 12.6 Å². The molecule has 0 fully saturated rings. The average Bonchev–Trinajstić information content (AvgIpc) is 3.20. The third-order valence-corrected chi connectivity index (χ3v) is 4.49. The van der Waals surface area contributed by atoms with E-state index in [1.54, 1.807) is 26.2 Å². The fourth-order valence-corrected chi connectivity index (χ4v) is 2.89. The average molecular weight is 469 g/mol. The first kappa shape index (κ1) is 28.2. The molecule has 0 atom stereocenters. The van der Waals surface area contributed by atoms with Crippen LogP contribution in [0, 0.1) is 5.82 Å². The maximum Gasteiger partial charge on any atom is 0.348 e. The molecule has 0 saturated heterocycles. The molecule has 31 heavy (non-hydrogen) atoms. The van der Waals surface area contributed by atoms with Gasteiger partial charge in [0.2, 0.25) is 0 Å². The molecule has 0 aliphatic heterocycles. The van der Waals surface area contributed by atoms with Crippen molar-refractivity contribution in [1.29, 1.82) is 0 Å². The molecule has 168 valence electrons. The zero-order chi connectivity index (χ0) is 22.4. The first-order valence-electron chi connectivity index (χ1n) is 8.78. The quantitative estimate of drug-likeness (QED) is 0.332. The number of hydrogen-bond acceptors (Lipinski definition) is 9. The maximum absolute atomic E-state index is 12.3. The van der Waals surface area contributed by atoms with Crippen LogP contribution in [0.2, 0.25) is 0 Å². The second-order valence-corrected chi connectivity index (χ2v) is 6.62. The molecule has 7 nitrogen and oxygen atoms in total. The predicted octanol–water partition coefficient (Wildman–Crippen LogP) is 4.62. The molecule has 0 saturated carbocycles. The van der Waals surface area contributed by atoms with Crippen molar-refractivity contribution in [2.24, 2.45) is 0 Å². The van der Waals surface area contributed by atoms with Gasteiger partial charge < -0.3 is 9.47 Å². The highest BCUT2D eigenvalue weighted by molar-refractivity contribution is 7.81. The number of rotatable bonds is 5. The van der Waals surface area contributed by atoms with Crippen molar-refractivity contribution in [3.8, 4) is 0 Å². The first-order valence-corrected chi connectivity index (χ1v) is 10.2. The molecular weight excluding hydrogens is 443 g/mol. The summed E-state index contributed by atoms with van der Waals surface area (Å²) in [6, 6.07) is 5.04. The topological polar surface area (TPSA) is 95.5 Å². The summed E-state index contributed by atoms with van der Waals surface area (Å²) >= 11 is 5.08. The number of pyridine rings is 2. The fraction of sp³-hybridized carbons (Fsp3) is 0.286. The number of carbonyl (C=O) groups is 3. The van der Waals surface area contributed by atoms with Gasteiger partial charge in [0.1, 0.15) is 4.88 Å². The van der Waals surface area contributed by atoms with E-state index in [9.17, 15) is 18.8 Å². The Morgan fingerprint density at radius 2 is 1.77 bits per heavy atom. The van der Waals surface area contributed by atoms with Gasteiger partial charge in [0.05, 0.1) is 35.4 Å². The van der Waals surface area contributed by atoms with Crippen LogP contribution in [-0.2, 0) is 14.3 Å². The van der Waals surface area contributed by atoms with Crippen molar-refractivity contribution in [2.75, 3.05) is 19.0 Å². The highest BCUT2D eigenvalue weighted by Crippen LogP contribution is 2.24. The van der Waals surface area contributed by atoms with Gasteiger partial charge in [-0.1, -0.05) is 7.43 Å². The largest absolute Gasteiger partial charge is 0.465 e. The van der Waals surface area contributed by atoms with Gasteiger partial charge in [0.15, 0.2) is 12.1 Å². The van der Waals surface area contributed by atoms with Crippen LogP contribution in [-0.4, -0.2) is 47.2 Å². The lowest BCUT2D eigenvalue weighted by Crippen LogP contribution is -2.03. The Hall–Kier alpha value is -2.85. The van der Waals surface area contributed by atoms with Crippen LogP contribution in [0.4, 0.5) is 4.39 Å². The second-order valence-electron chi connectivity index (χ2n) is 5.22. The standard InChI is InChI=1S/C10H9NO2S.C6H4FNO.C4H8O2S.CH4/c1-2-13-10(12)8-5-7-3-4-11-6-9(7)14-8;7-6-3-8-2-1-5(6)4-9;1-2-6-4(5)3-7;/h3-6H,2H2,1H3;1-4H;7H,2-3H2,1H3;1H4. The summed E-state index contributed by atoms with van der Waals surface area (Å²) in [5.41, 5.74) is 0.0463. The van der Waals surface area contributed by atoms with Gasteiger partial charge in [-0.3, -0.25) is 19.6 Å². The van der Waals surface area contributed by atoms with Gasteiger partial charge in [-0.25, -0.2) is 9.18 Å². The number of esters is 2. The molecule has 0 aliphatic rings. The molecular formula is C21H25FN2O5S2. The number of thiophene rings is 1. The van der Waals surface area contributed by atoms with Crippen molar-refractivity contribution in [3.63, 3.8) is 0 Å². The van der Waals surface area contributed by atoms with E-state index in [4.69, 9.17) is 4.74 Å². The number of fused-ring (bicyclic) bond motifs is 1. The summed E-state index contributed by atoms with van der Waals surface area (Å²) in [4.78, 5) is 39.5. The van der Waals surface area contributed by atoms with Crippen LogP contribution in [0.25, 0.3) is 10.1 Å². The van der Waals surface area contributed by atoms with Gasteiger partial charge in [0, 0.05) is 18.6 Å². The molecule has 3 rings (SSSR count). The Labute approximate surface area is 190 Å². The van der Waals surface area contributed by atoms with Crippen LogP contribution in [0.3, 0.4) is 0 Å². The summed E-state index contributed by atoms with van der Waals surface area (Å²) in [7, 11) is 0. The number of hydrogen-bond donors (Lipinski definition) is 1. The number of halogens is 1. The normalized spacial score (nSPS) is 9.16. The third kappa shape index (κ3) is 10.1. The number of ether oxygens (including phenoxy) is 2. The van der Waals surface area contributed by atoms with Crippen molar-refractivity contribution in [1.82, 2.24) is 9.97 Å². The van der Waals surface area contributed by atoms with Crippen LogP contribution in [0.15, 0.2) is 43.0 Å². The minimum absolute atomic E-state index is 0. The minimum atomic E-state index is -0.576. The molecule has 3 aromatic heterocycles. The molecule has 3 aromatic rings. The predicted molar refractivity (Wildman–Crippen MR) is 122 cm³/mol. The van der Waals surface area contributed by atoms with Crippen LogP contribution >= 0.6 is 24.0 Å². The van der Waals surface area contributed by atoms with Gasteiger partial charge in [0.25, 0.3) is 0 Å². The van der Waals surface area contributed by atoms with Crippen LogP contribution < -0.4 is 0 Å². The number of thiol groups is 1. The third-order valence-electron chi connectivity index (χ3n) is 3.16. The molecule has 0 spiro atoms. The number of aromatic nitrogens is 2. The first-order chi connectivity index (χ1) is 14.5. The SMILES string of the molecule is C.CCOC(=O)CS.CCOC(=O)c1cc2ccncc2s1.O=Cc1ccncc1F. The van der Waals surface area contributed by atoms with Gasteiger partial charge in [-0.15, -0.1) is 11.3 Å². The van der Waals surface area contributed by atoms with E-state index in [2.05, 4.69) is 27.3 Å². The lowest BCUT2D eigenvalue weighted by molar-refractivity contribution is -0.139. The lowest BCUT2D eigenvalue weighted by atomic mass is 10.3. The molecule has 0 radical (unpaired) electrons. The Balaban J connectivity index is 0.000000462. The molecule has 0 unspecified atom stereocenters. The van der Waals surface area contributed by atoms with Crippen LogP contribution in [0.1, 0.15) is 41.3 Å². The van der Waals surface area contributed by atoms with Gasteiger partial charge in [-0.05, 0) is 37.4 Å². The van der Waals surface area contributed by atoms with E-state index in [0.717, 1.165) is 16.3 Å². The minimum Gasteiger partial charge on any atom is -0.465 e.